The van der Waals surface area contributed by atoms with Crippen molar-refractivity contribution in [3.8, 4) is 11.8 Å². The first-order chi connectivity index (χ1) is 14.3. The van der Waals surface area contributed by atoms with Gasteiger partial charge in [0.05, 0.1) is 13.2 Å². The van der Waals surface area contributed by atoms with E-state index in [2.05, 4.69) is 10.4 Å². The van der Waals surface area contributed by atoms with Crippen LogP contribution in [-0.2, 0) is 10.0 Å². The molecular formula is C20H28N4O6S. The monoisotopic (exact) mass is 452 g/mol. The van der Waals surface area contributed by atoms with Crippen LogP contribution in [0, 0.1) is 0 Å². The van der Waals surface area contributed by atoms with Crippen LogP contribution in [0.3, 0.4) is 0 Å². The zero-order valence-corrected chi connectivity index (χ0v) is 19.3. The Hall–Kier alpha value is -2.82. The third kappa shape index (κ3) is 4.76. The van der Waals surface area contributed by atoms with E-state index in [1.54, 1.807) is 13.8 Å². The summed E-state index contributed by atoms with van der Waals surface area (Å²) in [6.07, 6.45) is 1.22. The molecule has 1 aliphatic carbocycles. The van der Waals surface area contributed by atoms with Crippen molar-refractivity contribution < 1.29 is 22.7 Å². The summed E-state index contributed by atoms with van der Waals surface area (Å²) in [6, 6.07) is 3.76. The number of rotatable bonds is 7. The molecule has 1 aliphatic rings. The van der Waals surface area contributed by atoms with Crippen molar-refractivity contribution in [3.05, 3.63) is 34.2 Å². The summed E-state index contributed by atoms with van der Waals surface area (Å²) in [7, 11) is -3.11. The minimum atomic E-state index is -4.40. The number of nitrogens with zero attached hydrogens (tertiary/aromatic N) is 3. The second-order valence-corrected chi connectivity index (χ2v) is 10.5. The van der Waals surface area contributed by atoms with Gasteiger partial charge in [0.1, 0.15) is 10.6 Å². The SMILES string of the molecule is COc1cc(C(=O)NC(C)(C)C)ccc1S(=O)(=O)n1nc(OC(C)C)n(C2CC2)c1=O. The molecule has 1 amide bonds. The Balaban J connectivity index is 2.06. The maximum atomic E-state index is 13.3. The molecule has 0 spiro atoms. The van der Waals surface area contributed by atoms with Gasteiger partial charge in [-0.3, -0.25) is 4.79 Å². The van der Waals surface area contributed by atoms with Crippen LogP contribution in [0.15, 0.2) is 27.9 Å². The van der Waals surface area contributed by atoms with Crippen LogP contribution in [0.25, 0.3) is 0 Å². The van der Waals surface area contributed by atoms with Crippen LogP contribution in [-0.4, -0.2) is 46.8 Å². The topological polar surface area (TPSA) is 122 Å². The fraction of sp³-hybridized carbons (Fsp3) is 0.550. The standard InChI is InChI=1S/C20H28N4O6S/c1-12(2)30-18-22-24(19(26)23(18)14-8-9-14)31(27,28)16-10-7-13(11-15(16)29-6)17(25)21-20(3,4)5/h7,10-12,14H,8-9H2,1-6H3,(H,21,25). The molecule has 1 heterocycles. The van der Waals surface area contributed by atoms with E-state index >= 15 is 0 Å². The average molecular weight is 453 g/mol. The Morgan fingerprint density at radius 3 is 2.42 bits per heavy atom. The van der Waals surface area contributed by atoms with Gasteiger partial charge >= 0.3 is 11.7 Å². The van der Waals surface area contributed by atoms with Crippen LogP contribution in [0.4, 0.5) is 0 Å². The first-order valence-corrected chi connectivity index (χ1v) is 11.4. The first-order valence-electron chi connectivity index (χ1n) is 9.99. The largest absolute Gasteiger partial charge is 0.495 e. The predicted octanol–water partition coefficient (Wildman–Crippen LogP) is 1.94. The molecule has 1 aromatic heterocycles. The molecule has 0 bridgehead atoms. The summed E-state index contributed by atoms with van der Waals surface area (Å²) in [5.41, 5.74) is -1.04. The zero-order valence-electron chi connectivity index (χ0n) is 18.5. The highest BCUT2D eigenvalue weighted by Gasteiger charge is 2.35. The molecule has 11 heteroatoms. The van der Waals surface area contributed by atoms with E-state index in [1.165, 1.54) is 29.9 Å². The maximum Gasteiger partial charge on any atom is 0.363 e. The number of methoxy groups -OCH3 is 1. The molecule has 1 aromatic carbocycles. The average Bonchev–Trinajstić information content (AvgIpc) is 3.43. The summed E-state index contributed by atoms with van der Waals surface area (Å²) in [5.74, 6) is -0.446. The van der Waals surface area contributed by atoms with Gasteiger partial charge in [0.15, 0.2) is 0 Å². The Bertz CT molecular complexity index is 1150. The van der Waals surface area contributed by atoms with Crippen molar-refractivity contribution in [2.75, 3.05) is 7.11 Å². The van der Waals surface area contributed by atoms with Gasteiger partial charge in [0, 0.05) is 17.1 Å². The van der Waals surface area contributed by atoms with Gasteiger partial charge in [-0.1, -0.05) is 9.19 Å². The van der Waals surface area contributed by atoms with Crippen LogP contribution in [0.5, 0.6) is 11.8 Å². The van der Waals surface area contributed by atoms with E-state index in [0.717, 1.165) is 12.8 Å². The number of carbonyl (C=O) groups is 1. The van der Waals surface area contributed by atoms with E-state index < -0.39 is 21.3 Å². The summed E-state index contributed by atoms with van der Waals surface area (Å²) in [6.45, 7) is 9.03. The number of ether oxygens (including phenoxy) is 2. The lowest BCUT2D eigenvalue weighted by Gasteiger charge is -2.20. The number of carbonyl (C=O) groups excluding carboxylic acids is 1. The van der Waals surface area contributed by atoms with Gasteiger partial charge in [-0.2, -0.15) is 8.42 Å². The third-order valence-corrected chi connectivity index (χ3v) is 6.01. The van der Waals surface area contributed by atoms with Crippen molar-refractivity contribution in [3.63, 3.8) is 0 Å². The Labute approximate surface area is 181 Å². The number of aromatic nitrogens is 3. The minimum absolute atomic E-state index is 0.0359. The fourth-order valence-electron chi connectivity index (χ4n) is 2.96. The molecule has 3 rings (SSSR count). The first kappa shape index (κ1) is 22.9. The smallest absolute Gasteiger partial charge is 0.363 e. The Morgan fingerprint density at radius 2 is 1.90 bits per heavy atom. The molecule has 0 radical (unpaired) electrons. The lowest BCUT2D eigenvalue weighted by molar-refractivity contribution is 0.0919. The zero-order chi connectivity index (χ0) is 23.1. The number of hydrogen-bond donors (Lipinski definition) is 1. The summed E-state index contributed by atoms with van der Waals surface area (Å²) in [4.78, 5) is 25.1. The number of benzene rings is 1. The Kier molecular flexibility index (Phi) is 5.92. The van der Waals surface area contributed by atoms with Crippen molar-refractivity contribution in [2.24, 2.45) is 0 Å². The molecule has 0 saturated heterocycles. The van der Waals surface area contributed by atoms with Gasteiger partial charge in [-0.05, 0) is 65.7 Å². The van der Waals surface area contributed by atoms with Gasteiger partial charge in [0.2, 0.25) is 0 Å². The predicted molar refractivity (Wildman–Crippen MR) is 113 cm³/mol. The van der Waals surface area contributed by atoms with Crippen molar-refractivity contribution in [1.82, 2.24) is 19.1 Å². The molecule has 31 heavy (non-hydrogen) atoms. The normalized spacial score (nSPS) is 14.5. The molecule has 0 atom stereocenters. The summed E-state index contributed by atoms with van der Waals surface area (Å²) >= 11 is 0. The van der Waals surface area contributed by atoms with Gasteiger partial charge in [-0.25, -0.2) is 9.36 Å². The molecular weight excluding hydrogens is 424 g/mol. The van der Waals surface area contributed by atoms with E-state index in [4.69, 9.17) is 9.47 Å². The molecule has 0 unspecified atom stereocenters. The quantitative estimate of drug-likeness (QED) is 0.681. The molecule has 1 N–H and O–H groups in total. The molecule has 10 nitrogen and oxygen atoms in total. The third-order valence-electron chi connectivity index (χ3n) is 4.43. The number of nitrogens with one attached hydrogen (secondary N) is 1. The highest BCUT2D eigenvalue weighted by Crippen LogP contribution is 2.36. The van der Waals surface area contributed by atoms with Crippen LogP contribution >= 0.6 is 0 Å². The minimum Gasteiger partial charge on any atom is -0.495 e. The Morgan fingerprint density at radius 1 is 1.26 bits per heavy atom. The van der Waals surface area contributed by atoms with E-state index in [-0.39, 0.29) is 40.3 Å². The molecule has 170 valence electrons. The second-order valence-electron chi connectivity index (χ2n) is 8.75. The number of amides is 1. The highest BCUT2D eigenvalue weighted by atomic mass is 32.2. The van der Waals surface area contributed by atoms with E-state index in [1.807, 2.05) is 20.8 Å². The van der Waals surface area contributed by atoms with E-state index in [9.17, 15) is 18.0 Å². The van der Waals surface area contributed by atoms with Crippen molar-refractivity contribution in [2.45, 2.75) is 70.0 Å². The lowest BCUT2D eigenvalue weighted by Crippen LogP contribution is -2.40. The van der Waals surface area contributed by atoms with E-state index in [0.29, 0.717) is 4.09 Å². The summed E-state index contributed by atoms with van der Waals surface area (Å²) < 4.78 is 39.1. The summed E-state index contributed by atoms with van der Waals surface area (Å²) in [5, 5.41) is 6.77. The molecule has 2 aromatic rings. The molecule has 1 fully saturated rings. The second kappa shape index (κ2) is 8.03. The fourth-order valence-corrected chi connectivity index (χ4v) is 4.26. The maximum absolute atomic E-state index is 13.3. The molecule has 0 aliphatic heterocycles. The highest BCUT2D eigenvalue weighted by molar-refractivity contribution is 7.90. The van der Waals surface area contributed by atoms with Gasteiger partial charge < -0.3 is 14.8 Å². The number of hydrogen-bond acceptors (Lipinski definition) is 7. The lowest BCUT2D eigenvalue weighted by atomic mass is 10.1. The van der Waals surface area contributed by atoms with Crippen LogP contribution in [0.1, 0.15) is 63.9 Å². The van der Waals surface area contributed by atoms with Crippen molar-refractivity contribution in [1.29, 1.82) is 0 Å². The van der Waals surface area contributed by atoms with Crippen LogP contribution in [0.2, 0.25) is 0 Å². The van der Waals surface area contributed by atoms with Crippen molar-refractivity contribution >= 4 is 15.9 Å². The molecule has 1 saturated carbocycles. The van der Waals surface area contributed by atoms with Crippen LogP contribution < -0.4 is 20.5 Å². The van der Waals surface area contributed by atoms with Gasteiger partial charge in [0.25, 0.3) is 15.9 Å². The van der Waals surface area contributed by atoms with Gasteiger partial charge in [-0.15, -0.1) is 0 Å².